The molecule has 2 aromatic carbocycles. The number of hydrogen-bond acceptors (Lipinski definition) is 5. The molecule has 2 heterocycles. The minimum absolute atomic E-state index is 0.125. The Labute approximate surface area is 174 Å². The molecule has 2 aliphatic heterocycles. The summed E-state index contributed by atoms with van der Waals surface area (Å²) in [4.78, 5) is 13.7. The van der Waals surface area contributed by atoms with E-state index in [-0.39, 0.29) is 18.8 Å². The molecule has 7 heteroatoms. The van der Waals surface area contributed by atoms with E-state index < -0.39 is 5.97 Å². The maximum absolute atomic E-state index is 11.4. The highest BCUT2D eigenvalue weighted by atomic mass is 35.5. The number of benzene rings is 2. The standard InChI is InChI=1S/C22H24ClNO5/c1-2-27-18-6-4-16(23)12-17(18)21(24-9-7-14(8-10-24)22(25)26)15-3-5-19-20(11-15)29-13-28-19/h3-6,11-12,14,21H,2,7-10,13H2,1H3,(H,25,26). The number of carbonyl (C=O) groups is 1. The lowest BCUT2D eigenvalue weighted by atomic mass is 9.90. The maximum atomic E-state index is 11.4. The fourth-order valence-corrected chi connectivity index (χ4v) is 4.28. The van der Waals surface area contributed by atoms with Crippen molar-refractivity contribution < 1.29 is 24.1 Å². The van der Waals surface area contributed by atoms with E-state index >= 15 is 0 Å². The van der Waals surface area contributed by atoms with Gasteiger partial charge in [0.25, 0.3) is 0 Å². The normalized spacial score (nSPS) is 17.9. The van der Waals surface area contributed by atoms with Gasteiger partial charge in [-0.3, -0.25) is 9.69 Å². The molecular weight excluding hydrogens is 394 g/mol. The molecule has 2 aliphatic rings. The summed E-state index contributed by atoms with van der Waals surface area (Å²) in [6.07, 6.45) is 1.22. The van der Waals surface area contributed by atoms with E-state index in [4.69, 9.17) is 25.8 Å². The second-order valence-corrected chi connectivity index (χ2v) is 7.72. The molecule has 1 fully saturated rings. The van der Waals surface area contributed by atoms with Crippen LogP contribution in [0.3, 0.4) is 0 Å². The molecule has 0 saturated carbocycles. The molecule has 0 amide bonds. The van der Waals surface area contributed by atoms with Crippen LogP contribution in [0, 0.1) is 5.92 Å². The summed E-state index contributed by atoms with van der Waals surface area (Å²) >= 11 is 6.35. The highest BCUT2D eigenvalue weighted by Crippen LogP contribution is 2.42. The summed E-state index contributed by atoms with van der Waals surface area (Å²) in [6.45, 7) is 4.06. The first-order valence-corrected chi connectivity index (χ1v) is 10.2. The van der Waals surface area contributed by atoms with Crippen LogP contribution in [-0.2, 0) is 4.79 Å². The van der Waals surface area contributed by atoms with Crippen LogP contribution in [0.1, 0.15) is 36.9 Å². The average Bonchev–Trinajstić information content (AvgIpc) is 3.19. The molecule has 6 nitrogen and oxygen atoms in total. The van der Waals surface area contributed by atoms with Crippen LogP contribution in [0.5, 0.6) is 17.2 Å². The fraction of sp³-hybridized carbons (Fsp3) is 0.409. The number of ether oxygens (including phenoxy) is 3. The van der Waals surface area contributed by atoms with Crippen LogP contribution in [-0.4, -0.2) is 42.5 Å². The van der Waals surface area contributed by atoms with E-state index in [1.165, 1.54) is 0 Å². The number of carboxylic acid groups (broad SMARTS) is 1. The van der Waals surface area contributed by atoms with Crippen molar-refractivity contribution in [3.63, 3.8) is 0 Å². The molecule has 1 unspecified atom stereocenters. The quantitative estimate of drug-likeness (QED) is 0.753. The number of nitrogens with zero attached hydrogens (tertiary/aromatic N) is 1. The zero-order valence-corrected chi connectivity index (χ0v) is 17.0. The first kappa shape index (κ1) is 19.9. The molecule has 0 aliphatic carbocycles. The molecule has 1 N–H and O–H groups in total. The third kappa shape index (κ3) is 4.14. The minimum Gasteiger partial charge on any atom is -0.494 e. The van der Waals surface area contributed by atoms with Gasteiger partial charge in [0.05, 0.1) is 18.6 Å². The summed E-state index contributed by atoms with van der Waals surface area (Å²) in [5, 5.41) is 10.0. The number of likely N-dealkylation sites (tertiary alicyclic amines) is 1. The Bertz CT molecular complexity index is 895. The molecule has 2 aromatic rings. The Morgan fingerprint density at radius 2 is 1.97 bits per heavy atom. The van der Waals surface area contributed by atoms with E-state index in [0.29, 0.717) is 43.3 Å². The maximum Gasteiger partial charge on any atom is 0.306 e. The Kier molecular flexibility index (Phi) is 5.83. The first-order valence-electron chi connectivity index (χ1n) is 9.85. The van der Waals surface area contributed by atoms with Crippen LogP contribution in [0.15, 0.2) is 36.4 Å². The SMILES string of the molecule is CCOc1ccc(Cl)cc1C(c1ccc2c(c1)OCO2)N1CCC(C(=O)O)CC1. The van der Waals surface area contributed by atoms with Crippen LogP contribution in [0.2, 0.25) is 5.02 Å². The zero-order valence-electron chi connectivity index (χ0n) is 16.3. The Morgan fingerprint density at radius 3 is 2.69 bits per heavy atom. The third-order valence-corrected chi connectivity index (χ3v) is 5.76. The Hall–Kier alpha value is -2.44. The van der Waals surface area contributed by atoms with E-state index in [2.05, 4.69) is 4.90 Å². The van der Waals surface area contributed by atoms with Crippen molar-refractivity contribution in [2.24, 2.45) is 5.92 Å². The second kappa shape index (κ2) is 8.51. The monoisotopic (exact) mass is 417 g/mol. The van der Waals surface area contributed by atoms with E-state index in [0.717, 1.165) is 22.6 Å². The molecule has 0 spiro atoms. The summed E-state index contributed by atoms with van der Waals surface area (Å²) in [7, 11) is 0. The van der Waals surface area contributed by atoms with Crippen molar-refractivity contribution in [1.29, 1.82) is 0 Å². The fourth-order valence-electron chi connectivity index (χ4n) is 4.09. The third-order valence-electron chi connectivity index (χ3n) is 5.52. The van der Waals surface area contributed by atoms with E-state index in [1.54, 1.807) is 0 Å². The predicted molar refractivity (Wildman–Crippen MR) is 109 cm³/mol. The summed E-state index contributed by atoms with van der Waals surface area (Å²) < 4.78 is 16.9. The molecule has 154 valence electrons. The molecule has 0 radical (unpaired) electrons. The molecule has 1 saturated heterocycles. The van der Waals surface area contributed by atoms with Gasteiger partial charge in [0.2, 0.25) is 6.79 Å². The molecule has 0 aromatic heterocycles. The van der Waals surface area contributed by atoms with Crippen molar-refractivity contribution >= 4 is 17.6 Å². The van der Waals surface area contributed by atoms with Gasteiger partial charge in [-0.15, -0.1) is 0 Å². The zero-order chi connectivity index (χ0) is 20.4. The van der Waals surface area contributed by atoms with Crippen LogP contribution >= 0.6 is 11.6 Å². The number of hydrogen-bond donors (Lipinski definition) is 1. The van der Waals surface area contributed by atoms with Crippen molar-refractivity contribution in [2.45, 2.75) is 25.8 Å². The molecular formula is C22H24ClNO5. The van der Waals surface area contributed by atoms with Gasteiger partial charge in [0, 0.05) is 10.6 Å². The van der Waals surface area contributed by atoms with Crippen LogP contribution in [0.4, 0.5) is 0 Å². The van der Waals surface area contributed by atoms with Gasteiger partial charge in [-0.05, 0) is 68.8 Å². The number of rotatable bonds is 6. The average molecular weight is 418 g/mol. The molecule has 0 bridgehead atoms. The van der Waals surface area contributed by atoms with E-state index in [1.807, 2.05) is 43.3 Å². The number of fused-ring (bicyclic) bond motifs is 1. The summed E-state index contributed by atoms with van der Waals surface area (Å²) in [5.74, 6) is 1.21. The summed E-state index contributed by atoms with van der Waals surface area (Å²) in [5.41, 5.74) is 2.00. The smallest absolute Gasteiger partial charge is 0.306 e. The van der Waals surface area contributed by atoms with E-state index in [9.17, 15) is 9.90 Å². The lowest BCUT2D eigenvalue weighted by Gasteiger charge is -2.37. The lowest BCUT2D eigenvalue weighted by Crippen LogP contribution is -2.39. The highest BCUT2D eigenvalue weighted by Gasteiger charge is 2.32. The van der Waals surface area contributed by atoms with Gasteiger partial charge < -0.3 is 19.3 Å². The van der Waals surface area contributed by atoms with Crippen LogP contribution < -0.4 is 14.2 Å². The number of piperidine rings is 1. The minimum atomic E-state index is -0.720. The van der Waals surface area contributed by atoms with Crippen molar-refractivity contribution in [2.75, 3.05) is 26.5 Å². The van der Waals surface area contributed by atoms with Crippen molar-refractivity contribution in [1.82, 2.24) is 4.90 Å². The van der Waals surface area contributed by atoms with Gasteiger partial charge in [-0.2, -0.15) is 0 Å². The number of carboxylic acids is 1. The van der Waals surface area contributed by atoms with Crippen molar-refractivity contribution in [3.8, 4) is 17.2 Å². The van der Waals surface area contributed by atoms with Crippen molar-refractivity contribution in [3.05, 3.63) is 52.5 Å². The van der Waals surface area contributed by atoms with Crippen LogP contribution in [0.25, 0.3) is 0 Å². The highest BCUT2D eigenvalue weighted by molar-refractivity contribution is 6.30. The predicted octanol–water partition coefficient (Wildman–Crippen LogP) is 4.35. The van der Waals surface area contributed by atoms with Gasteiger partial charge in [0.1, 0.15) is 5.75 Å². The molecule has 4 rings (SSSR count). The lowest BCUT2D eigenvalue weighted by molar-refractivity contribution is -0.143. The number of aliphatic carboxylic acids is 1. The first-order chi connectivity index (χ1) is 14.1. The van der Waals surface area contributed by atoms with Gasteiger partial charge >= 0.3 is 5.97 Å². The topological polar surface area (TPSA) is 68.2 Å². The second-order valence-electron chi connectivity index (χ2n) is 7.28. The number of halogens is 1. The largest absolute Gasteiger partial charge is 0.494 e. The Balaban J connectivity index is 1.74. The van der Waals surface area contributed by atoms with Gasteiger partial charge in [0.15, 0.2) is 11.5 Å². The Morgan fingerprint density at radius 1 is 1.21 bits per heavy atom. The van der Waals surface area contributed by atoms with Gasteiger partial charge in [-0.1, -0.05) is 17.7 Å². The summed E-state index contributed by atoms with van der Waals surface area (Å²) in [6, 6.07) is 11.5. The van der Waals surface area contributed by atoms with Gasteiger partial charge in [-0.25, -0.2) is 0 Å². The molecule has 29 heavy (non-hydrogen) atoms. The molecule has 1 atom stereocenters.